The first-order valence-corrected chi connectivity index (χ1v) is 11.1. The molecule has 1 saturated carbocycles. The van der Waals surface area contributed by atoms with E-state index in [1.54, 1.807) is 30.7 Å². The van der Waals surface area contributed by atoms with E-state index in [0.29, 0.717) is 21.6 Å². The molecule has 0 N–H and O–H groups in total. The van der Waals surface area contributed by atoms with Crippen LogP contribution in [0.25, 0.3) is 6.08 Å². The SMILES string of the molecule is O=C(COc1ccc(Cl)cc1Cl)N1N=C2/C(=C\c3ccco3)CCC[C@@H]2[C@H]1c1ccco1. The van der Waals surface area contributed by atoms with Crippen LogP contribution in [0.1, 0.15) is 36.8 Å². The zero-order chi connectivity index (χ0) is 22.1. The molecule has 0 saturated heterocycles. The molecule has 2 aromatic heterocycles. The molecule has 2 aliphatic rings. The molecule has 164 valence electrons. The largest absolute Gasteiger partial charge is 0.482 e. The average molecular weight is 471 g/mol. The van der Waals surface area contributed by atoms with Crippen LogP contribution in [0, 0.1) is 5.92 Å². The van der Waals surface area contributed by atoms with Crippen molar-refractivity contribution in [2.75, 3.05) is 6.61 Å². The highest BCUT2D eigenvalue weighted by atomic mass is 35.5. The number of hydrogen-bond acceptors (Lipinski definition) is 5. The standard InChI is InChI=1S/C24H20Cl2N2O4/c25-16-8-9-20(19(26)13-16)32-14-22(29)28-24(21-7-3-11-31-21)18-6-1-4-15(23(18)27-28)12-17-5-2-10-30-17/h2-3,5,7-13,18,24H,1,4,6,14H2/b15-12-/t18-,24-/m0/s1. The molecule has 3 heterocycles. The Labute approximate surface area is 195 Å². The summed E-state index contributed by atoms with van der Waals surface area (Å²) in [6, 6.07) is 12.0. The number of allylic oxidation sites excluding steroid dienone is 1. The lowest BCUT2D eigenvalue weighted by Crippen LogP contribution is -2.34. The van der Waals surface area contributed by atoms with Gasteiger partial charge in [0.1, 0.15) is 23.3 Å². The summed E-state index contributed by atoms with van der Waals surface area (Å²) in [7, 11) is 0. The maximum absolute atomic E-state index is 13.2. The van der Waals surface area contributed by atoms with Crippen LogP contribution >= 0.6 is 23.2 Å². The molecule has 0 radical (unpaired) electrons. The maximum Gasteiger partial charge on any atom is 0.281 e. The van der Waals surface area contributed by atoms with Gasteiger partial charge in [-0.1, -0.05) is 23.2 Å². The zero-order valence-corrected chi connectivity index (χ0v) is 18.6. The summed E-state index contributed by atoms with van der Waals surface area (Å²) in [5.41, 5.74) is 1.97. The minimum absolute atomic E-state index is 0.0409. The molecule has 0 spiro atoms. The minimum atomic E-state index is -0.322. The van der Waals surface area contributed by atoms with E-state index < -0.39 is 0 Å². The first kappa shape index (κ1) is 20.9. The molecule has 5 rings (SSSR count). The van der Waals surface area contributed by atoms with Crippen LogP contribution in [-0.4, -0.2) is 23.2 Å². The molecule has 32 heavy (non-hydrogen) atoms. The Balaban J connectivity index is 1.43. The minimum Gasteiger partial charge on any atom is -0.482 e. The summed E-state index contributed by atoms with van der Waals surface area (Å²) in [5.74, 6) is 1.62. The van der Waals surface area contributed by atoms with Gasteiger partial charge < -0.3 is 13.6 Å². The summed E-state index contributed by atoms with van der Waals surface area (Å²) < 4.78 is 16.9. The molecule has 3 aromatic rings. The Bertz CT molecular complexity index is 1170. The third-order valence-electron chi connectivity index (χ3n) is 5.70. The van der Waals surface area contributed by atoms with Gasteiger partial charge in [0.05, 0.1) is 23.3 Å². The van der Waals surface area contributed by atoms with E-state index in [4.69, 9.17) is 41.9 Å². The lowest BCUT2D eigenvalue weighted by Gasteiger charge is -2.27. The summed E-state index contributed by atoms with van der Waals surface area (Å²) in [5, 5.41) is 7.09. The maximum atomic E-state index is 13.2. The van der Waals surface area contributed by atoms with Gasteiger partial charge in [0.2, 0.25) is 0 Å². The van der Waals surface area contributed by atoms with Gasteiger partial charge in [-0.3, -0.25) is 4.79 Å². The number of fused-ring (bicyclic) bond motifs is 1. The van der Waals surface area contributed by atoms with Gasteiger partial charge in [-0.05, 0) is 73.4 Å². The molecular weight excluding hydrogens is 451 g/mol. The van der Waals surface area contributed by atoms with E-state index in [0.717, 1.165) is 36.3 Å². The van der Waals surface area contributed by atoms with Crippen molar-refractivity contribution in [1.29, 1.82) is 0 Å². The van der Waals surface area contributed by atoms with Crippen molar-refractivity contribution in [3.8, 4) is 5.75 Å². The third-order valence-corrected chi connectivity index (χ3v) is 6.23. The predicted molar refractivity (Wildman–Crippen MR) is 122 cm³/mol. The van der Waals surface area contributed by atoms with Crippen molar-refractivity contribution in [1.82, 2.24) is 5.01 Å². The second-order valence-electron chi connectivity index (χ2n) is 7.73. The van der Waals surface area contributed by atoms with Crippen molar-refractivity contribution in [3.63, 3.8) is 0 Å². The molecule has 2 atom stereocenters. The quantitative estimate of drug-likeness (QED) is 0.433. The van der Waals surface area contributed by atoms with E-state index in [-0.39, 0.29) is 24.5 Å². The molecule has 6 nitrogen and oxygen atoms in total. The topological polar surface area (TPSA) is 68.2 Å². The highest BCUT2D eigenvalue weighted by Crippen LogP contribution is 2.44. The van der Waals surface area contributed by atoms with Crippen molar-refractivity contribution in [2.45, 2.75) is 25.3 Å². The molecule has 1 amide bonds. The number of rotatable bonds is 5. The first-order valence-electron chi connectivity index (χ1n) is 10.4. The Hall–Kier alpha value is -2.96. The van der Waals surface area contributed by atoms with Crippen LogP contribution in [0.5, 0.6) is 5.75 Å². The number of halogens is 2. The fourth-order valence-electron chi connectivity index (χ4n) is 4.29. The summed E-state index contributed by atoms with van der Waals surface area (Å²) in [6.07, 6.45) is 8.04. The molecule has 1 aliphatic carbocycles. The van der Waals surface area contributed by atoms with Gasteiger partial charge in [-0.15, -0.1) is 0 Å². The average Bonchev–Trinajstić information content (AvgIpc) is 3.53. The zero-order valence-electron chi connectivity index (χ0n) is 17.0. The number of hydrogen-bond donors (Lipinski definition) is 0. The van der Waals surface area contributed by atoms with Gasteiger partial charge in [-0.2, -0.15) is 5.10 Å². The van der Waals surface area contributed by atoms with Gasteiger partial charge in [-0.25, -0.2) is 5.01 Å². The van der Waals surface area contributed by atoms with E-state index in [2.05, 4.69) is 0 Å². The fraction of sp³-hybridized carbons (Fsp3) is 0.250. The van der Waals surface area contributed by atoms with E-state index >= 15 is 0 Å². The van der Waals surface area contributed by atoms with E-state index in [1.165, 1.54) is 5.01 Å². The number of nitrogens with zero attached hydrogens (tertiary/aromatic N) is 2. The van der Waals surface area contributed by atoms with Crippen LogP contribution in [0.2, 0.25) is 10.0 Å². The smallest absolute Gasteiger partial charge is 0.281 e. The van der Waals surface area contributed by atoms with Crippen molar-refractivity contribution in [2.24, 2.45) is 11.0 Å². The Morgan fingerprint density at radius 1 is 1.19 bits per heavy atom. The Morgan fingerprint density at radius 3 is 2.78 bits per heavy atom. The number of carbonyl (C=O) groups is 1. The van der Waals surface area contributed by atoms with Crippen molar-refractivity contribution < 1.29 is 18.4 Å². The Kier molecular flexibility index (Phi) is 5.81. The fourth-order valence-corrected chi connectivity index (χ4v) is 4.75. The molecule has 1 fully saturated rings. The number of ether oxygens (including phenoxy) is 1. The molecule has 1 aromatic carbocycles. The lowest BCUT2D eigenvalue weighted by atomic mass is 9.79. The molecule has 1 aliphatic heterocycles. The van der Waals surface area contributed by atoms with Crippen LogP contribution in [0.4, 0.5) is 0 Å². The van der Waals surface area contributed by atoms with E-state index in [9.17, 15) is 4.79 Å². The third kappa shape index (κ3) is 4.08. The van der Waals surface area contributed by atoms with E-state index in [1.807, 2.05) is 30.3 Å². The highest BCUT2D eigenvalue weighted by Gasteiger charge is 2.45. The lowest BCUT2D eigenvalue weighted by molar-refractivity contribution is -0.136. The predicted octanol–water partition coefficient (Wildman–Crippen LogP) is 6.38. The molecule has 8 heteroatoms. The van der Waals surface area contributed by atoms with Crippen molar-refractivity contribution in [3.05, 3.63) is 82.1 Å². The Morgan fingerprint density at radius 2 is 2.03 bits per heavy atom. The van der Waals surface area contributed by atoms with Gasteiger partial charge >= 0.3 is 0 Å². The number of amides is 1. The van der Waals surface area contributed by atoms with Gasteiger partial charge in [0, 0.05) is 10.9 Å². The first-order chi connectivity index (χ1) is 15.6. The molecular formula is C24H20Cl2N2O4. The second-order valence-corrected chi connectivity index (χ2v) is 8.57. The summed E-state index contributed by atoms with van der Waals surface area (Å²) in [4.78, 5) is 13.2. The number of furan rings is 2. The van der Waals surface area contributed by atoms with Crippen LogP contribution in [-0.2, 0) is 4.79 Å². The summed E-state index contributed by atoms with van der Waals surface area (Å²) in [6.45, 7) is -0.209. The number of carbonyl (C=O) groups excluding carboxylic acids is 1. The van der Waals surface area contributed by atoms with Gasteiger partial charge in [0.15, 0.2) is 6.61 Å². The van der Waals surface area contributed by atoms with Gasteiger partial charge in [0.25, 0.3) is 5.91 Å². The normalized spacial score (nSPS) is 21.5. The van der Waals surface area contributed by atoms with Crippen molar-refractivity contribution >= 4 is 40.9 Å². The number of benzene rings is 1. The second kappa shape index (κ2) is 8.88. The molecule has 0 unspecified atom stereocenters. The monoisotopic (exact) mass is 470 g/mol. The van der Waals surface area contributed by atoms with Crippen LogP contribution in [0.15, 0.2) is 74.5 Å². The summed E-state index contributed by atoms with van der Waals surface area (Å²) >= 11 is 12.1. The number of hydrazone groups is 1. The van der Waals surface area contributed by atoms with Crippen LogP contribution in [0.3, 0.4) is 0 Å². The molecule has 0 bridgehead atoms. The highest BCUT2D eigenvalue weighted by molar-refractivity contribution is 6.35. The van der Waals surface area contributed by atoms with Crippen LogP contribution < -0.4 is 4.74 Å².